The maximum absolute atomic E-state index is 13.6. The Hall–Kier alpha value is -3.74. The van der Waals surface area contributed by atoms with Gasteiger partial charge in [0, 0.05) is 27.2 Å². The van der Waals surface area contributed by atoms with Crippen molar-refractivity contribution >= 4 is 23.6 Å². The van der Waals surface area contributed by atoms with E-state index in [1.54, 1.807) is 6.08 Å². The molecule has 124 heavy (non-hydrogen) atoms. The quantitative estimate of drug-likeness (QED) is 0.0200. The van der Waals surface area contributed by atoms with Crippen molar-refractivity contribution in [1.82, 2.24) is 21.3 Å². The summed E-state index contributed by atoms with van der Waals surface area (Å²) in [6, 6.07) is -6.56. The highest BCUT2D eigenvalue weighted by atomic mass is 16.8. The van der Waals surface area contributed by atoms with Crippen molar-refractivity contribution < 1.29 is 188 Å². The van der Waals surface area contributed by atoms with Crippen LogP contribution >= 0.6 is 0 Å². The molecule has 7 heterocycles. The van der Waals surface area contributed by atoms with Gasteiger partial charge in [0.05, 0.1) is 65.0 Å². The lowest BCUT2D eigenvalue weighted by molar-refractivity contribution is -0.387. The number of amides is 4. The van der Waals surface area contributed by atoms with Crippen LogP contribution in [0.4, 0.5) is 0 Å². The minimum atomic E-state index is -2.38. The zero-order chi connectivity index (χ0) is 90.9. The molecule has 0 radical (unpaired) electrons. The van der Waals surface area contributed by atoms with Gasteiger partial charge in [-0.2, -0.15) is 0 Å². The fourth-order valence-corrected chi connectivity index (χ4v) is 16.6. The van der Waals surface area contributed by atoms with Crippen LogP contribution in [0, 0.1) is 0 Å². The van der Waals surface area contributed by atoms with Crippen LogP contribution in [0.1, 0.15) is 202 Å². The van der Waals surface area contributed by atoms with E-state index in [2.05, 4.69) is 35.1 Å². The van der Waals surface area contributed by atoms with Gasteiger partial charge in [-0.15, -0.1) is 0 Å². The third-order valence-electron chi connectivity index (χ3n) is 23.7. The summed E-state index contributed by atoms with van der Waals surface area (Å²) in [5, 5.41) is 236. The van der Waals surface area contributed by atoms with E-state index in [-0.39, 0.29) is 12.3 Å². The summed E-state index contributed by atoms with van der Waals surface area (Å²) in [5.41, 5.74) is 0. The first-order chi connectivity index (χ1) is 59.4. The van der Waals surface area contributed by atoms with Crippen LogP contribution in [0.2, 0.25) is 0 Å². The van der Waals surface area contributed by atoms with Crippen molar-refractivity contribution in [2.24, 2.45) is 0 Å². The summed E-state index contributed by atoms with van der Waals surface area (Å²) in [7, 11) is 0. The Morgan fingerprint density at radius 3 is 0.960 bits per heavy atom. The van der Waals surface area contributed by atoms with Crippen LogP contribution < -0.4 is 21.3 Å². The number of ether oxygens (including phenoxy) is 14. The minimum Gasteiger partial charge on any atom is -0.394 e. The molecule has 0 aliphatic carbocycles. The van der Waals surface area contributed by atoms with Crippen molar-refractivity contribution in [2.45, 2.75) is 428 Å². The Kier molecular flexibility index (Phi) is 48.1. The predicted molar refractivity (Wildman–Crippen MR) is 429 cm³/mol. The average Bonchev–Trinajstić information content (AvgIpc) is 0.718. The fourth-order valence-electron chi connectivity index (χ4n) is 16.6. The molecule has 7 aliphatic rings. The molecule has 42 heteroatoms. The SMILES string of the molecule is CCCCCCCCCCCCC/C=C/[C@@H](O)[C@H](CO[C@@H]1OC(CO)[C@@H](O[C@@H]2OC(CO)[C@H](O)[C@H](O[C@@H]3OC(CO)[C@@H](O)[C@H](O[C@@H]4OC(CO)[C@H](O)[C@H](O[C@@H]5OC(CO)[C@@H](O)[C@H](O[C@@H]6OC(CO)[C@H](O)[C@H](O[C@H]7OC(CO)[C@H](O)[C@H](O)C7NC(C)=O)C6O)C5NC(C)=O)C4O)C3NC(C)=O)C2O)[C@H](O)C1O)NC(=O)CCCCCCCCCCCCCCC. The fraction of sp³-hybridized carbons (Fsp3) is 0.927. The van der Waals surface area contributed by atoms with Gasteiger partial charge in [0.2, 0.25) is 23.6 Å². The van der Waals surface area contributed by atoms with Gasteiger partial charge < -0.3 is 190 Å². The Morgan fingerprint density at radius 2 is 0.605 bits per heavy atom. The van der Waals surface area contributed by atoms with E-state index in [0.29, 0.717) is 12.8 Å². The van der Waals surface area contributed by atoms with Crippen molar-refractivity contribution in [3.05, 3.63) is 12.2 Å². The van der Waals surface area contributed by atoms with Gasteiger partial charge in [-0.05, 0) is 19.3 Å². The van der Waals surface area contributed by atoms with Crippen molar-refractivity contribution in [3.63, 3.8) is 0 Å². The normalized spacial score (nSPS) is 38.4. The van der Waals surface area contributed by atoms with Gasteiger partial charge in [0.15, 0.2) is 44.0 Å². The number of carbonyl (C=O) groups excluding carboxylic acids is 4. The molecule has 0 aromatic carbocycles. The lowest BCUT2D eigenvalue weighted by Gasteiger charge is -2.51. The third kappa shape index (κ3) is 30.9. The lowest BCUT2D eigenvalue weighted by atomic mass is 9.93. The number of allylic oxidation sites excluding steroid dienone is 1. The lowest BCUT2D eigenvalue weighted by Crippen LogP contribution is -2.71. The van der Waals surface area contributed by atoms with Crippen LogP contribution in [0.15, 0.2) is 12.2 Å². The van der Waals surface area contributed by atoms with E-state index in [9.17, 15) is 121 Å². The number of nitrogens with one attached hydrogen (secondary N) is 4. The largest absolute Gasteiger partial charge is 0.394 e. The van der Waals surface area contributed by atoms with Gasteiger partial charge in [-0.25, -0.2) is 0 Å². The van der Waals surface area contributed by atoms with E-state index >= 15 is 0 Å². The highest BCUT2D eigenvalue weighted by molar-refractivity contribution is 5.76. The van der Waals surface area contributed by atoms with E-state index in [0.717, 1.165) is 72.1 Å². The number of carbonyl (C=O) groups is 4. The molecule has 0 spiro atoms. The highest BCUT2D eigenvalue weighted by Gasteiger charge is 2.60. The maximum atomic E-state index is 13.6. The molecule has 37 atom stereocenters. The van der Waals surface area contributed by atoms with Gasteiger partial charge in [0.1, 0.15) is 171 Å². The summed E-state index contributed by atoms with van der Waals surface area (Å²) < 4.78 is 83.6. The Labute approximate surface area is 723 Å². The topological polar surface area (TPSA) is 650 Å². The molecule has 7 aliphatic heterocycles. The third-order valence-corrected chi connectivity index (χ3v) is 23.7. The maximum Gasteiger partial charge on any atom is 0.220 e. The zero-order valence-electron chi connectivity index (χ0n) is 71.9. The average molecular weight is 1800 g/mol. The Balaban J connectivity index is 1.04. The number of rotatable bonds is 54. The molecule has 4 amide bonds. The van der Waals surface area contributed by atoms with Crippen molar-refractivity contribution in [2.75, 3.05) is 52.9 Å². The molecule has 722 valence electrons. The molecule has 42 nitrogen and oxygen atoms in total. The van der Waals surface area contributed by atoms with Crippen LogP contribution in [-0.2, 0) is 85.5 Å². The van der Waals surface area contributed by atoms with Crippen LogP contribution in [-0.4, -0.2) is 406 Å². The Morgan fingerprint density at radius 1 is 0.315 bits per heavy atom. The number of unbranched alkanes of at least 4 members (excludes halogenated alkanes) is 23. The first kappa shape index (κ1) is 107. The summed E-state index contributed by atoms with van der Waals surface area (Å²) in [6.45, 7) is -0.402. The first-order valence-electron chi connectivity index (χ1n) is 44.5. The number of hydrogen-bond donors (Lipinski definition) is 24. The molecule has 0 saturated carbocycles. The molecule has 7 rings (SSSR count). The van der Waals surface area contributed by atoms with Crippen LogP contribution in [0.5, 0.6) is 0 Å². The predicted octanol–water partition coefficient (Wildman–Crippen LogP) is -5.24. The van der Waals surface area contributed by atoms with Crippen molar-refractivity contribution in [3.8, 4) is 0 Å². The second-order valence-corrected chi connectivity index (χ2v) is 33.5. The van der Waals surface area contributed by atoms with Crippen LogP contribution in [0.25, 0.3) is 0 Å². The van der Waals surface area contributed by atoms with E-state index in [1.807, 2.05) is 6.08 Å². The monoisotopic (exact) mass is 1790 g/mol. The molecule has 7 saturated heterocycles. The highest BCUT2D eigenvalue weighted by Crippen LogP contribution is 2.39. The Bertz CT molecular complexity index is 3020. The molecule has 0 bridgehead atoms. The van der Waals surface area contributed by atoms with Gasteiger partial charge >= 0.3 is 0 Å². The van der Waals surface area contributed by atoms with Crippen molar-refractivity contribution in [1.29, 1.82) is 0 Å². The van der Waals surface area contributed by atoms with Gasteiger partial charge in [-0.3, -0.25) is 19.2 Å². The van der Waals surface area contributed by atoms with E-state index in [4.69, 9.17) is 66.3 Å². The van der Waals surface area contributed by atoms with Gasteiger partial charge in [0.25, 0.3) is 0 Å². The summed E-state index contributed by atoms with van der Waals surface area (Å²) in [4.78, 5) is 52.3. The molecule has 0 aromatic rings. The molecule has 14 unspecified atom stereocenters. The number of hydrogen-bond acceptors (Lipinski definition) is 38. The standard InChI is InChI=1S/C82H146N4O38/c1-6-8-10-12-14-16-18-20-22-24-26-28-30-32-46(97)45(86-54(98)33-31-29-27-25-23-21-19-17-15-13-11-9-7-2)41-111-79-66(107)65(106)70(53(40-93)118-79)119-80-67(108)74(62(103)50(37-90)115-80)123-77-56(84-43(4)95)72(60(101)48(35-88)113-77)121-82-69(110)75(63(104)52(39-92)117-82)124-78-57(85-44(5)96)71(59(100)49(36-89)114-78)120-81-68(109)73(61(102)51(38-91)116-81)122-76-55(83-42(3)94)64(105)58(99)47(34-87)112-76/h30,32,45-53,55-82,87-93,97,99-110H,6-29,31,33-41H2,1-5H3,(H,83,94)(H,84,95)(H,85,96)(H,86,98)/b32-30+/t45-,46+,47?,48?,49?,50?,51?,52?,53?,55?,56?,57?,58-,59+,60+,61-,62-,63-,64+,65+,66?,67?,68?,69?,70+,71+,72+,73-,74-,75-,76+,77-,78-,79+,80-,81-,82-/m0/s1. The molecular formula is C82H146N4O38. The second-order valence-electron chi connectivity index (χ2n) is 33.5. The minimum absolute atomic E-state index is 0.155. The van der Waals surface area contributed by atoms with E-state index < -0.39 is 297 Å². The summed E-state index contributed by atoms with van der Waals surface area (Å²) >= 11 is 0. The molecule has 0 aromatic heterocycles. The number of aliphatic hydroxyl groups is 20. The van der Waals surface area contributed by atoms with Crippen LogP contribution in [0.3, 0.4) is 0 Å². The molecule has 7 fully saturated rings. The van der Waals surface area contributed by atoms with E-state index in [1.165, 1.54) is 96.3 Å². The molecular weight excluding hydrogens is 1650 g/mol. The summed E-state index contributed by atoms with van der Waals surface area (Å²) in [6.07, 6.45) is -34.0. The smallest absolute Gasteiger partial charge is 0.220 e. The second kappa shape index (κ2) is 55.6. The zero-order valence-corrected chi connectivity index (χ0v) is 71.9. The molecule has 24 N–H and O–H groups in total. The summed E-state index contributed by atoms with van der Waals surface area (Å²) in [5.74, 6) is -3.00. The van der Waals surface area contributed by atoms with Gasteiger partial charge in [-0.1, -0.05) is 167 Å². The number of aliphatic hydroxyl groups excluding tert-OH is 20. The first-order valence-corrected chi connectivity index (χ1v) is 44.5.